The molecule has 0 atom stereocenters. The number of fused-ring (bicyclic) bond motifs is 3. The van der Waals surface area contributed by atoms with Crippen LogP contribution >= 0.6 is 24.8 Å². The van der Waals surface area contributed by atoms with Crippen LogP contribution in [0, 0.1) is 6.92 Å². The lowest BCUT2D eigenvalue weighted by Gasteiger charge is -2.02. The van der Waals surface area contributed by atoms with Crippen molar-refractivity contribution in [3.8, 4) is 11.1 Å². The first-order valence-electron chi connectivity index (χ1n) is 5.03. The van der Waals surface area contributed by atoms with Crippen molar-refractivity contribution in [2.24, 2.45) is 0 Å². The average Bonchev–Trinajstić information content (AvgIpc) is 2.59. The van der Waals surface area contributed by atoms with E-state index in [4.69, 9.17) is 0 Å². The number of halogens is 2. The van der Waals surface area contributed by atoms with E-state index >= 15 is 0 Å². The van der Waals surface area contributed by atoms with Crippen molar-refractivity contribution in [3.63, 3.8) is 0 Å². The first-order valence-corrected chi connectivity index (χ1v) is 5.03. The van der Waals surface area contributed by atoms with Crippen LogP contribution in [0.1, 0.15) is 16.7 Å². The highest BCUT2D eigenvalue weighted by atomic mass is 35.5. The van der Waals surface area contributed by atoms with Crippen molar-refractivity contribution in [3.05, 3.63) is 59.2 Å². The lowest BCUT2D eigenvalue weighted by molar-refractivity contribution is 1.22. The second kappa shape index (κ2) is 4.90. The van der Waals surface area contributed by atoms with Crippen LogP contribution in [-0.4, -0.2) is 0 Å². The van der Waals surface area contributed by atoms with Gasteiger partial charge in [-0.3, -0.25) is 0 Å². The third-order valence-corrected chi connectivity index (χ3v) is 3.09. The van der Waals surface area contributed by atoms with Gasteiger partial charge in [-0.25, -0.2) is 0 Å². The molecule has 0 aliphatic heterocycles. The van der Waals surface area contributed by atoms with Crippen LogP contribution in [-0.2, 0) is 6.42 Å². The maximum Gasteiger partial charge on any atom is -0.00108 e. The molecule has 0 N–H and O–H groups in total. The SMILES string of the molecule is Cc1cccc2c1Cc1ccccc1-2.Cl.Cl. The molecule has 2 aromatic carbocycles. The maximum absolute atomic E-state index is 2.23. The van der Waals surface area contributed by atoms with Crippen molar-refractivity contribution >= 4 is 24.8 Å². The maximum atomic E-state index is 2.23. The summed E-state index contributed by atoms with van der Waals surface area (Å²) in [6, 6.07) is 15.3. The minimum absolute atomic E-state index is 0. The number of benzene rings is 2. The van der Waals surface area contributed by atoms with E-state index in [9.17, 15) is 0 Å². The lowest BCUT2D eigenvalue weighted by atomic mass is 10.0. The van der Waals surface area contributed by atoms with Crippen molar-refractivity contribution < 1.29 is 0 Å². The zero-order chi connectivity index (χ0) is 9.54. The second-order valence-corrected chi connectivity index (χ2v) is 3.93. The van der Waals surface area contributed by atoms with E-state index in [-0.39, 0.29) is 24.8 Å². The van der Waals surface area contributed by atoms with Crippen LogP contribution in [0.3, 0.4) is 0 Å². The third-order valence-electron chi connectivity index (χ3n) is 3.09. The highest BCUT2D eigenvalue weighted by molar-refractivity contribution is 5.85. The largest absolute Gasteiger partial charge is 0.147 e. The van der Waals surface area contributed by atoms with Gasteiger partial charge < -0.3 is 0 Å². The van der Waals surface area contributed by atoms with Crippen LogP contribution in [0.5, 0.6) is 0 Å². The molecular weight excluding hydrogens is 239 g/mol. The van der Waals surface area contributed by atoms with Crippen molar-refractivity contribution in [1.82, 2.24) is 0 Å². The topological polar surface area (TPSA) is 0 Å². The van der Waals surface area contributed by atoms with E-state index in [2.05, 4.69) is 49.4 Å². The van der Waals surface area contributed by atoms with Gasteiger partial charge in [-0.05, 0) is 41.2 Å². The fourth-order valence-corrected chi connectivity index (χ4v) is 2.32. The van der Waals surface area contributed by atoms with E-state index < -0.39 is 0 Å². The molecule has 0 saturated carbocycles. The smallest absolute Gasteiger partial charge is 0.00108 e. The molecule has 0 bridgehead atoms. The predicted molar refractivity (Wildman–Crippen MR) is 73.9 cm³/mol. The Morgan fingerprint density at radius 2 is 1.50 bits per heavy atom. The fourth-order valence-electron chi connectivity index (χ4n) is 2.32. The molecule has 16 heavy (non-hydrogen) atoms. The molecule has 0 spiro atoms. The molecule has 0 radical (unpaired) electrons. The second-order valence-electron chi connectivity index (χ2n) is 3.93. The van der Waals surface area contributed by atoms with Gasteiger partial charge >= 0.3 is 0 Å². The summed E-state index contributed by atoms with van der Waals surface area (Å²) in [5, 5.41) is 0. The fraction of sp³-hybridized carbons (Fsp3) is 0.143. The third kappa shape index (κ3) is 1.83. The summed E-state index contributed by atoms with van der Waals surface area (Å²) in [6.45, 7) is 2.20. The number of hydrogen-bond donors (Lipinski definition) is 0. The summed E-state index contributed by atoms with van der Waals surface area (Å²) >= 11 is 0. The quantitative estimate of drug-likeness (QED) is 0.556. The Labute approximate surface area is 109 Å². The number of rotatable bonds is 0. The van der Waals surface area contributed by atoms with Gasteiger partial charge in [0.1, 0.15) is 0 Å². The zero-order valence-corrected chi connectivity index (χ0v) is 10.7. The Kier molecular flexibility index (Phi) is 4.01. The highest BCUT2D eigenvalue weighted by Gasteiger charge is 2.18. The first kappa shape index (κ1) is 13.1. The monoisotopic (exact) mass is 252 g/mol. The van der Waals surface area contributed by atoms with Gasteiger partial charge in [0.15, 0.2) is 0 Å². The standard InChI is InChI=1S/C14H12.2ClH/c1-10-5-4-8-13-12-7-3-2-6-11(12)9-14(10)13;;/h2-8H,9H2,1H3;2*1H. The van der Waals surface area contributed by atoms with E-state index in [0.717, 1.165) is 6.42 Å². The molecule has 84 valence electrons. The Morgan fingerprint density at radius 1 is 0.812 bits per heavy atom. The molecular formula is C14H14Cl2. The van der Waals surface area contributed by atoms with Crippen LogP contribution in [0.2, 0.25) is 0 Å². The van der Waals surface area contributed by atoms with E-state index in [1.807, 2.05) is 0 Å². The molecule has 2 heteroatoms. The van der Waals surface area contributed by atoms with Gasteiger partial charge in [0.05, 0.1) is 0 Å². The van der Waals surface area contributed by atoms with Crippen molar-refractivity contribution in [2.75, 3.05) is 0 Å². The molecule has 0 saturated heterocycles. The molecule has 0 fully saturated rings. The summed E-state index contributed by atoms with van der Waals surface area (Å²) in [5.41, 5.74) is 7.25. The Hall–Kier alpha value is -0.980. The first-order chi connectivity index (χ1) is 6.86. The van der Waals surface area contributed by atoms with Crippen LogP contribution < -0.4 is 0 Å². The molecule has 1 aliphatic carbocycles. The van der Waals surface area contributed by atoms with E-state index in [1.54, 1.807) is 0 Å². The molecule has 1 aliphatic rings. The summed E-state index contributed by atoms with van der Waals surface area (Å²) in [6.07, 6.45) is 1.11. The van der Waals surface area contributed by atoms with E-state index in [0.29, 0.717) is 0 Å². The normalized spacial score (nSPS) is 10.8. The molecule has 3 rings (SSSR count). The molecule has 2 aromatic rings. The zero-order valence-electron chi connectivity index (χ0n) is 9.07. The van der Waals surface area contributed by atoms with Crippen molar-refractivity contribution in [2.45, 2.75) is 13.3 Å². The average molecular weight is 253 g/mol. The molecule has 0 heterocycles. The van der Waals surface area contributed by atoms with Crippen LogP contribution in [0.4, 0.5) is 0 Å². The van der Waals surface area contributed by atoms with Gasteiger partial charge in [0.2, 0.25) is 0 Å². The van der Waals surface area contributed by atoms with Gasteiger partial charge in [0.25, 0.3) is 0 Å². The highest BCUT2D eigenvalue weighted by Crippen LogP contribution is 2.37. The Balaban J connectivity index is 0.000000640. The lowest BCUT2D eigenvalue weighted by Crippen LogP contribution is -1.84. The molecule has 0 amide bonds. The molecule has 0 unspecified atom stereocenters. The van der Waals surface area contributed by atoms with Gasteiger partial charge in [-0.1, -0.05) is 42.5 Å². The Bertz CT molecular complexity index is 504. The minimum Gasteiger partial charge on any atom is -0.147 e. The van der Waals surface area contributed by atoms with Gasteiger partial charge in [0, 0.05) is 0 Å². The summed E-state index contributed by atoms with van der Waals surface area (Å²) in [4.78, 5) is 0. The minimum atomic E-state index is 0. The summed E-state index contributed by atoms with van der Waals surface area (Å²) < 4.78 is 0. The van der Waals surface area contributed by atoms with Crippen LogP contribution in [0.25, 0.3) is 11.1 Å². The summed E-state index contributed by atoms with van der Waals surface area (Å²) in [5.74, 6) is 0. The number of hydrogen-bond acceptors (Lipinski definition) is 0. The summed E-state index contributed by atoms with van der Waals surface area (Å²) in [7, 11) is 0. The van der Waals surface area contributed by atoms with Crippen molar-refractivity contribution in [1.29, 1.82) is 0 Å². The molecule has 0 nitrogen and oxygen atoms in total. The molecule has 0 aromatic heterocycles. The predicted octanol–water partition coefficient (Wildman–Crippen LogP) is 4.41. The van der Waals surface area contributed by atoms with Gasteiger partial charge in [-0.2, -0.15) is 0 Å². The van der Waals surface area contributed by atoms with Crippen LogP contribution in [0.15, 0.2) is 42.5 Å². The number of aryl methyl sites for hydroxylation is 1. The van der Waals surface area contributed by atoms with E-state index in [1.165, 1.54) is 27.8 Å². The van der Waals surface area contributed by atoms with Gasteiger partial charge in [-0.15, -0.1) is 24.8 Å². The Morgan fingerprint density at radius 3 is 2.31 bits per heavy atom.